The smallest absolute Gasteiger partial charge is 0.220 e. The van der Waals surface area contributed by atoms with Crippen LogP contribution >= 0.6 is 0 Å². The summed E-state index contributed by atoms with van der Waals surface area (Å²) in [5, 5.41) is 21.5. The predicted octanol–water partition coefficient (Wildman–Crippen LogP) is 2.91. The second kappa shape index (κ2) is 9.53. The molecular weight excluding hydrogens is 302 g/mol. The molecule has 4 nitrogen and oxygen atoms in total. The van der Waals surface area contributed by atoms with Crippen molar-refractivity contribution in [2.45, 2.75) is 25.3 Å². The minimum absolute atomic E-state index is 0.0782. The van der Waals surface area contributed by atoms with Crippen LogP contribution < -0.4 is 5.32 Å². The Morgan fingerprint density at radius 3 is 2.46 bits per heavy atom. The number of aliphatic hydroxyl groups is 1. The number of phenolic OH excluding ortho intramolecular Hbond substituents is 1. The minimum atomic E-state index is -0.319. The first kappa shape index (κ1) is 17.8. The zero-order valence-electron chi connectivity index (χ0n) is 13.6. The van der Waals surface area contributed by atoms with E-state index in [0.717, 1.165) is 11.1 Å². The monoisotopic (exact) mass is 325 g/mol. The molecule has 2 rings (SSSR count). The number of amides is 1. The van der Waals surface area contributed by atoms with Crippen molar-refractivity contribution in [3.63, 3.8) is 0 Å². The molecule has 0 bridgehead atoms. The van der Waals surface area contributed by atoms with Gasteiger partial charge in [0.05, 0.1) is 12.6 Å². The molecule has 0 saturated carbocycles. The van der Waals surface area contributed by atoms with Gasteiger partial charge in [-0.15, -0.1) is 0 Å². The molecule has 0 aliphatic rings. The Bertz CT molecular complexity index is 650. The number of rotatable bonds is 8. The van der Waals surface area contributed by atoms with E-state index in [-0.39, 0.29) is 24.3 Å². The van der Waals surface area contributed by atoms with Gasteiger partial charge < -0.3 is 15.5 Å². The summed E-state index contributed by atoms with van der Waals surface area (Å²) in [5.41, 5.74) is 2.06. The highest BCUT2D eigenvalue weighted by Gasteiger charge is 2.11. The Labute approximate surface area is 142 Å². The molecule has 0 fully saturated rings. The van der Waals surface area contributed by atoms with E-state index in [0.29, 0.717) is 19.3 Å². The number of carbonyl (C=O) groups is 1. The molecule has 0 aliphatic heterocycles. The Morgan fingerprint density at radius 1 is 1.08 bits per heavy atom. The van der Waals surface area contributed by atoms with E-state index in [9.17, 15) is 15.0 Å². The van der Waals surface area contributed by atoms with Gasteiger partial charge >= 0.3 is 0 Å². The molecule has 126 valence electrons. The SMILES string of the molecule is O=C(CC/C=C/c1ccccc1)N[C@H](CO)Cc1ccc(O)cc1. The third-order valence-corrected chi connectivity index (χ3v) is 3.65. The van der Waals surface area contributed by atoms with Crippen molar-refractivity contribution in [1.29, 1.82) is 0 Å². The lowest BCUT2D eigenvalue weighted by atomic mass is 10.1. The number of carbonyl (C=O) groups excluding carboxylic acids is 1. The van der Waals surface area contributed by atoms with Gasteiger partial charge in [-0.1, -0.05) is 54.6 Å². The Kier molecular flexibility index (Phi) is 7.05. The van der Waals surface area contributed by atoms with Crippen molar-refractivity contribution < 1.29 is 15.0 Å². The van der Waals surface area contributed by atoms with E-state index in [2.05, 4.69) is 5.32 Å². The normalized spacial score (nSPS) is 12.2. The Balaban J connectivity index is 1.75. The van der Waals surface area contributed by atoms with E-state index in [1.807, 2.05) is 42.5 Å². The van der Waals surface area contributed by atoms with E-state index < -0.39 is 0 Å². The number of hydrogen-bond acceptors (Lipinski definition) is 3. The van der Waals surface area contributed by atoms with Crippen LogP contribution in [0.5, 0.6) is 5.75 Å². The molecule has 1 atom stereocenters. The molecule has 0 heterocycles. The van der Waals surface area contributed by atoms with Crippen LogP contribution in [0, 0.1) is 0 Å². The molecule has 0 aromatic heterocycles. The summed E-state index contributed by atoms with van der Waals surface area (Å²) in [4.78, 5) is 12.0. The average Bonchev–Trinajstić information content (AvgIpc) is 2.61. The second-order valence-electron chi connectivity index (χ2n) is 5.67. The minimum Gasteiger partial charge on any atom is -0.508 e. The number of phenols is 1. The maximum Gasteiger partial charge on any atom is 0.220 e. The maximum absolute atomic E-state index is 12.0. The number of hydrogen-bond donors (Lipinski definition) is 3. The van der Waals surface area contributed by atoms with E-state index in [1.165, 1.54) is 0 Å². The zero-order valence-corrected chi connectivity index (χ0v) is 13.6. The van der Waals surface area contributed by atoms with Crippen LogP contribution in [0.3, 0.4) is 0 Å². The van der Waals surface area contributed by atoms with Crippen LogP contribution in [-0.2, 0) is 11.2 Å². The molecule has 0 spiro atoms. The molecule has 24 heavy (non-hydrogen) atoms. The third-order valence-electron chi connectivity index (χ3n) is 3.65. The van der Waals surface area contributed by atoms with Crippen LogP contribution in [0.15, 0.2) is 60.7 Å². The van der Waals surface area contributed by atoms with Crippen molar-refractivity contribution in [2.24, 2.45) is 0 Å². The van der Waals surface area contributed by atoms with Gasteiger partial charge in [-0.3, -0.25) is 4.79 Å². The molecule has 0 aliphatic carbocycles. The number of aliphatic hydroxyl groups excluding tert-OH is 1. The first-order chi connectivity index (χ1) is 11.7. The van der Waals surface area contributed by atoms with Crippen LogP contribution in [0.1, 0.15) is 24.0 Å². The number of benzene rings is 2. The van der Waals surface area contributed by atoms with Crippen LogP contribution in [-0.4, -0.2) is 28.8 Å². The summed E-state index contributed by atoms with van der Waals surface area (Å²) in [5.74, 6) is 0.124. The third kappa shape index (κ3) is 6.26. The van der Waals surface area contributed by atoms with Gasteiger partial charge in [0.2, 0.25) is 5.91 Å². The molecule has 2 aromatic carbocycles. The van der Waals surface area contributed by atoms with E-state index in [1.54, 1.807) is 24.3 Å². The molecule has 0 unspecified atom stereocenters. The fraction of sp³-hybridized carbons (Fsp3) is 0.250. The first-order valence-corrected chi connectivity index (χ1v) is 8.07. The van der Waals surface area contributed by atoms with Crippen molar-refractivity contribution in [3.8, 4) is 5.75 Å². The summed E-state index contributed by atoms with van der Waals surface area (Å²) in [6.45, 7) is -0.119. The quantitative estimate of drug-likeness (QED) is 0.699. The topological polar surface area (TPSA) is 69.6 Å². The van der Waals surface area contributed by atoms with Gasteiger partial charge in [-0.05, 0) is 36.1 Å². The van der Waals surface area contributed by atoms with E-state index in [4.69, 9.17) is 0 Å². The molecule has 1 amide bonds. The molecule has 3 N–H and O–H groups in total. The van der Waals surface area contributed by atoms with Crippen molar-refractivity contribution >= 4 is 12.0 Å². The lowest BCUT2D eigenvalue weighted by molar-refractivity contribution is -0.122. The van der Waals surface area contributed by atoms with Crippen molar-refractivity contribution in [2.75, 3.05) is 6.61 Å². The Hall–Kier alpha value is -2.59. The molecule has 4 heteroatoms. The summed E-state index contributed by atoms with van der Waals surface area (Å²) in [6, 6.07) is 16.4. The van der Waals surface area contributed by atoms with Gasteiger partial charge in [0.15, 0.2) is 0 Å². The lowest BCUT2D eigenvalue weighted by Crippen LogP contribution is -2.38. The molecule has 2 aromatic rings. The zero-order chi connectivity index (χ0) is 17.2. The second-order valence-corrected chi connectivity index (χ2v) is 5.67. The average molecular weight is 325 g/mol. The molecular formula is C20H23NO3. The Morgan fingerprint density at radius 2 is 1.79 bits per heavy atom. The largest absolute Gasteiger partial charge is 0.508 e. The first-order valence-electron chi connectivity index (χ1n) is 8.07. The maximum atomic E-state index is 12.0. The van der Waals surface area contributed by atoms with Crippen molar-refractivity contribution in [3.05, 3.63) is 71.8 Å². The summed E-state index contributed by atoms with van der Waals surface area (Å²) < 4.78 is 0. The van der Waals surface area contributed by atoms with Gasteiger partial charge in [0.1, 0.15) is 5.75 Å². The number of nitrogens with one attached hydrogen (secondary N) is 1. The summed E-state index contributed by atoms with van der Waals surface area (Å²) >= 11 is 0. The van der Waals surface area contributed by atoms with Crippen LogP contribution in [0.2, 0.25) is 0 Å². The van der Waals surface area contributed by atoms with Crippen LogP contribution in [0.25, 0.3) is 6.08 Å². The molecule has 0 saturated heterocycles. The number of aromatic hydroxyl groups is 1. The highest BCUT2D eigenvalue weighted by molar-refractivity contribution is 5.76. The highest BCUT2D eigenvalue weighted by Crippen LogP contribution is 2.11. The van der Waals surface area contributed by atoms with Crippen molar-refractivity contribution in [1.82, 2.24) is 5.32 Å². The van der Waals surface area contributed by atoms with E-state index >= 15 is 0 Å². The highest BCUT2D eigenvalue weighted by atomic mass is 16.3. The van der Waals surface area contributed by atoms with Gasteiger partial charge in [0.25, 0.3) is 0 Å². The summed E-state index contributed by atoms with van der Waals surface area (Å²) in [7, 11) is 0. The molecule has 0 radical (unpaired) electrons. The lowest BCUT2D eigenvalue weighted by Gasteiger charge is -2.16. The summed E-state index contributed by atoms with van der Waals surface area (Å²) in [6.07, 6.45) is 5.53. The fourth-order valence-corrected chi connectivity index (χ4v) is 2.38. The van der Waals surface area contributed by atoms with Gasteiger partial charge in [-0.2, -0.15) is 0 Å². The van der Waals surface area contributed by atoms with Gasteiger partial charge in [-0.25, -0.2) is 0 Å². The standard InChI is InChI=1S/C20H23NO3/c22-15-18(14-17-10-12-19(23)13-11-17)21-20(24)9-5-4-8-16-6-2-1-3-7-16/h1-4,6-8,10-13,18,22-23H,5,9,14-15H2,(H,21,24)/b8-4+/t18-/m0/s1. The van der Waals surface area contributed by atoms with Gasteiger partial charge in [0, 0.05) is 6.42 Å². The fourth-order valence-electron chi connectivity index (χ4n) is 2.38. The predicted molar refractivity (Wildman–Crippen MR) is 95.5 cm³/mol. The number of allylic oxidation sites excluding steroid dienone is 1. The van der Waals surface area contributed by atoms with Crippen LogP contribution in [0.4, 0.5) is 0 Å².